The summed E-state index contributed by atoms with van der Waals surface area (Å²) in [5.74, 6) is 0.825. The monoisotopic (exact) mass is 267 g/mol. The highest BCUT2D eigenvalue weighted by molar-refractivity contribution is 5.79. The first-order valence-electron chi connectivity index (χ1n) is 7.85. The Bertz CT molecular complexity index is 302. The highest BCUT2D eigenvalue weighted by Crippen LogP contribution is 2.28. The summed E-state index contributed by atoms with van der Waals surface area (Å²) in [6, 6.07) is 0.502. The van der Waals surface area contributed by atoms with Crippen LogP contribution in [0.4, 0.5) is 0 Å². The van der Waals surface area contributed by atoms with Crippen LogP contribution < -0.4 is 11.1 Å². The summed E-state index contributed by atoms with van der Waals surface area (Å²) in [6.07, 6.45) is 5.69. The quantitative estimate of drug-likeness (QED) is 0.808. The van der Waals surface area contributed by atoms with Crippen LogP contribution in [-0.4, -0.2) is 42.5 Å². The van der Waals surface area contributed by atoms with Crippen molar-refractivity contribution in [1.29, 1.82) is 0 Å². The highest BCUT2D eigenvalue weighted by Gasteiger charge is 2.31. The molecule has 1 heterocycles. The lowest BCUT2D eigenvalue weighted by molar-refractivity contribution is -0.127. The predicted molar refractivity (Wildman–Crippen MR) is 77.8 cm³/mol. The molecule has 1 saturated carbocycles. The van der Waals surface area contributed by atoms with Gasteiger partial charge in [0.05, 0.1) is 5.92 Å². The number of carbonyl (C=O) groups is 1. The maximum Gasteiger partial charge on any atom is 0.224 e. The minimum atomic E-state index is 0.0227. The Kier molecular flexibility index (Phi) is 5.22. The molecule has 2 aliphatic rings. The fourth-order valence-corrected chi connectivity index (χ4v) is 3.40. The van der Waals surface area contributed by atoms with E-state index < -0.39 is 0 Å². The molecule has 1 amide bonds. The van der Waals surface area contributed by atoms with Gasteiger partial charge in [0, 0.05) is 18.6 Å². The average molecular weight is 267 g/mol. The van der Waals surface area contributed by atoms with Crippen molar-refractivity contribution in [1.82, 2.24) is 10.2 Å². The van der Waals surface area contributed by atoms with E-state index in [4.69, 9.17) is 5.73 Å². The van der Waals surface area contributed by atoms with Gasteiger partial charge in [-0.15, -0.1) is 0 Å². The molecule has 2 rings (SSSR count). The molecule has 1 aliphatic heterocycles. The van der Waals surface area contributed by atoms with Gasteiger partial charge >= 0.3 is 0 Å². The van der Waals surface area contributed by atoms with Crippen molar-refractivity contribution < 1.29 is 4.79 Å². The van der Waals surface area contributed by atoms with E-state index in [0.717, 1.165) is 25.8 Å². The largest absolute Gasteiger partial charge is 0.354 e. The first-order chi connectivity index (χ1) is 9.08. The number of rotatable bonds is 4. The summed E-state index contributed by atoms with van der Waals surface area (Å²) < 4.78 is 0. The van der Waals surface area contributed by atoms with Gasteiger partial charge in [-0.3, -0.25) is 9.69 Å². The van der Waals surface area contributed by atoms with Crippen LogP contribution in [-0.2, 0) is 4.79 Å². The van der Waals surface area contributed by atoms with Crippen LogP contribution in [0.3, 0.4) is 0 Å². The molecule has 19 heavy (non-hydrogen) atoms. The highest BCUT2D eigenvalue weighted by atomic mass is 16.1. The van der Waals surface area contributed by atoms with E-state index in [1.807, 2.05) is 0 Å². The molecular weight excluding hydrogens is 238 g/mol. The summed E-state index contributed by atoms with van der Waals surface area (Å²) in [5.41, 5.74) is 6.10. The molecule has 0 radical (unpaired) electrons. The number of nitrogens with two attached hydrogens (primary N) is 1. The average Bonchev–Trinajstić information content (AvgIpc) is 2.92. The molecule has 1 saturated heterocycles. The summed E-state index contributed by atoms with van der Waals surface area (Å²) in [4.78, 5) is 14.7. The Morgan fingerprint density at radius 2 is 2.05 bits per heavy atom. The third-order valence-electron chi connectivity index (χ3n) is 4.84. The van der Waals surface area contributed by atoms with Crippen molar-refractivity contribution in [3.8, 4) is 0 Å². The summed E-state index contributed by atoms with van der Waals surface area (Å²) >= 11 is 0. The maximum atomic E-state index is 12.3. The lowest BCUT2D eigenvalue weighted by Crippen LogP contribution is -2.48. The van der Waals surface area contributed by atoms with Crippen LogP contribution in [0.1, 0.15) is 46.0 Å². The molecule has 2 fully saturated rings. The molecule has 0 aromatic heterocycles. The smallest absolute Gasteiger partial charge is 0.224 e. The third kappa shape index (κ3) is 3.93. The van der Waals surface area contributed by atoms with Crippen LogP contribution in [0, 0.1) is 11.8 Å². The van der Waals surface area contributed by atoms with Gasteiger partial charge in [-0.1, -0.05) is 6.92 Å². The van der Waals surface area contributed by atoms with Crippen molar-refractivity contribution in [3.05, 3.63) is 0 Å². The van der Waals surface area contributed by atoms with E-state index in [1.165, 1.54) is 25.9 Å². The summed E-state index contributed by atoms with van der Waals surface area (Å²) in [6.45, 7) is 7.54. The van der Waals surface area contributed by atoms with Crippen LogP contribution >= 0.6 is 0 Å². The zero-order valence-electron chi connectivity index (χ0n) is 12.4. The number of nitrogens with zero attached hydrogens (tertiary/aromatic N) is 1. The van der Waals surface area contributed by atoms with Gasteiger partial charge in [-0.2, -0.15) is 0 Å². The molecule has 110 valence electrons. The normalized spacial score (nSPS) is 34.2. The van der Waals surface area contributed by atoms with E-state index in [1.54, 1.807) is 0 Å². The molecule has 0 spiro atoms. The number of likely N-dealkylation sites (tertiary alicyclic amines) is 1. The van der Waals surface area contributed by atoms with Gasteiger partial charge in [0.1, 0.15) is 0 Å². The molecular formula is C15H29N3O. The topological polar surface area (TPSA) is 58.4 Å². The Morgan fingerprint density at radius 1 is 1.37 bits per heavy atom. The second kappa shape index (κ2) is 6.71. The Labute approximate surface area is 117 Å². The fraction of sp³-hybridized carbons (Fsp3) is 0.933. The molecule has 4 nitrogen and oxygen atoms in total. The van der Waals surface area contributed by atoms with Gasteiger partial charge in [0.25, 0.3) is 0 Å². The van der Waals surface area contributed by atoms with Crippen molar-refractivity contribution in [2.45, 2.75) is 58.0 Å². The maximum absolute atomic E-state index is 12.3. The first kappa shape index (κ1) is 14.8. The number of amides is 1. The predicted octanol–water partition coefficient (Wildman–Crippen LogP) is 1.35. The van der Waals surface area contributed by atoms with Crippen LogP contribution in [0.5, 0.6) is 0 Å². The number of carbonyl (C=O) groups excluding carboxylic acids is 1. The van der Waals surface area contributed by atoms with Gasteiger partial charge in [0.15, 0.2) is 0 Å². The van der Waals surface area contributed by atoms with Crippen LogP contribution in [0.2, 0.25) is 0 Å². The minimum absolute atomic E-state index is 0.0227. The van der Waals surface area contributed by atoms with Gasteiger partial charge in [-0.05, 0) is 58.0 Å². The van der Waals surface area contributed by atoms with E-state index in [-0.39, 0.29) is 17.9 Å². The number of nitrogens with one attached hydrogen (secondary N) is 1. The van der Waals surface area contributed by atoms with E-state index in [9.17, 15) is 4.79 Å². The van der Waals surface area contributed by atoms with Gasteiger partial charge in [-0.25, -0.2) is 0 Å². The Morgan fingerprint density at radius 3 is 2.74 bits per heavy atom. The standard InChI is InChI=1S/C15H29N3O/c1-11-5-6-14(16)13(9-11)15(19)17-10-12(2)18-7-3-4-8-18/h11-14H,3-10,16H2,1-2H3,(H,17,19). The molecule has 0 aromatic rings. The zero-order chi connectivity index (χ0) is 13.8. The van der Waals surface area contributed by atoms with Crippen molar-refractivity contribution >= 4 is 5.91 Å². The van der Waals surface area contributed by atoms with Crippen molar-refractivity contribution in [3.63, 3.8) is 0 Å². The third-order valence-corrected chi connectivity index (χ3v) is 4.84. The second-order valence-corrected chi connectivity index (χ2v) is 6.53. The van der Waals surface area contributed by atoms with E-state index >= 15 is 0 Å². The first-order valence-corrected chi connectivity index (χ1v) is 7.85. The van der Waals surface area contributed by atoms with Crippen molar-refractivity contribution in [2.24, 2.45) is 17.6 Å². The van der Waals surface area contributed by atoms with Crippen LogP contribution in [0.15, 0.2) is 0 Å². The lowest BCUT2D eigenvalue weighted by Gasteiger charge is -2.32. The molecule has 0 aromatic carbocycles. The number of hydrogen-bond donors (Lipinski definition) is 2. The minimum Gasteiger partial charge on any atom is -0.354 e. The molecule has 0 bridgehead atoms. The molecule has 1 aliphatic carbocycles. The lowest BCUT2D eigenvalue weighted by atomic mass is 9.79. The van der Waals surface area contributed by atoms with Gasteiger partial charge in [0.2, 0.25) is 5.91 Å². The molecule has 4 atom stereocenters. The van der Waals surface area contributed by atoms with Crippen molar-refractivity contribution in [2.75, 3.05) is 19.6 Å². The second-order valence-electron chi connectivity index (χ2n) is 6.53. The van der Waals surface area contributed by atoms with Gasteiger partial charge < -0.3 is 11.1 Å². The number of hydrogen-bond acceptors (Lipinski definition) is 3. The van der Waals surface area contributed by atoms with E-state index in [2.05, 4.69) is 24.1 Å². The summed E-state index contributed by atoms with van der Waals surface area (Å²) in [5, 5.41) is 3.12. The molecule has 3 N–H and O–H groups in total. The molecule has 4 unspecified atom stereocenters. The fourth-order valence-electron chi connectivity index (χ4n) is 3.40. The van der Waals surface area contributed by atoms with E-state index in [0.29, 0.717) is 12.0 Å². The zero-order valence-corrected chi connectivity index (χ0v) is 12.4. The SMILES string of the molecule is CC1CCC(N)C(C(=O)NCC(C)N2CCCC2)C1. The summed E-state index contributed by atoms with van der Waals surface area (Å²) in [7, 11) is 0. The van der Waals surface area contributed by atoms with Crippen LogP contribution in [0.25, 0.3) is 0 Å². The Hall–Kier alpha value is -0.610. The Balaban J connectivity index is 1.76. The molecule has 4 heteroatoms.